The Labute approximate surface area is 93.3 Å². The molecule has 80 valence electrons. The number of carbonyl (C=O) groups is 1. The molecule has 0 radical (unpaired) electrons. The van der Waals surface area contributed by atoms with Crippen molar-refractivity contribution in [2.45, 2.75) is 19.4 Å². The molecule has 1 atom stereocenters. The van der Waals surface area contributed by atoms with E-state index >= 15 is 0 Å². The maximum atomic E-state index is 10.8. The first-order valence-electron chi connectivity index (χ1n) is 4.88. The van der Waals surface area contributed by atoms with Crippen LogP contribution in [0, 0.1) is 0 Å². The Bertz CT molecular complexity index is 406. The highest BCUT2D eigenvalue weighted by molar-refractivity contribution is 6.31. The first-order valence-corrected chi connectivity index (χ1v) is 5.26. The topological polar surface area (TPSA) is 40.5 Å². The second kappa shape index (κ2) is 3.74. The fraction of sp³-hybridized carbons (Fsp3) is 0.364. The molecule has 4 heteroatoms. The zero-order chi connectivity index (χ0) is 11.0. The van der Waals surface area contributed by atoms with Crippen molar-refractivity contribution >= 4 is 23.3 Å². The largest absolute Gasteiger partial charge is 0.478 e. The minimum atomic E-state index is -0.938. The Hall–Kier alpha value is -1.22. The van der Waals surface area contributed by atoms with Gasteiger partial charge in [-0.15, -0.1) is 0 Å². The molecule has 15 heavy (non-hydrogen) atoms. The molecule has 0 amide bonds. The molecule has 2 rings (SSSR count). The fourth-order valence-electron chi connectivity index (χ4n) is 1.76. The number of nitrogens with zero attached hydrogens (tertiary/aromatic N) is 1. The van der Waals surface area contributed by atoms with Gasteiger partial charge in [0, 0.05) is 23.3 Å². The van der Waals surface area contributed by atoms with Gasteiger partial charge in [0.2, 0.25) is 0 Å². The first-order chi connectivity index (χ1) is 7.08. The van der Waals surface area contributed by atoms with E-state index in [1.54, 1.807) is 6.07 Å². The summed E-state index contributed by atoms with van der Waals surface area (Å²) >= 11 is 5.88. The number of hydrogen-bond acceptors (Lipinski definition) is 2. The molecule has 1 saturated heterocycles. The summed E-state index contributed by atoms with van der Waals surface area (Å²) in [6, 6.07) is 5.43. The molecule has 1 unspecified atom stereocenters. The number of benzene rings is 1. The standard InChI is InChI=1S/C11H12ClNO2/c1-7-2-3-13(7)10-5-8(11(14)15)4-9(12)6-10/h4-7H,2-3H2,1H3,(H,14,15). The van der Waals surface area contributed by atoms with Gasteiger partial charge < -0.3 is 10.0 Å². The zero-order valence-electron chi connectivity index (χ0n) is 8.40. The smallest absolute Gasteiger partial charge is 0.335 e. The highest BCUT2D eigenvalue weighted by Gasteiger charge is 2.24. The number of hydrogen-bond donors (Lipinski definition) is 1. The molecule has 1 N–H and O–H groups in total. The van der Waals surface area contributed by atoms with E-state index in [4.69, 9.17) is 16.7 Å². The van der Waals surface area contributed by atoms with Crippen LogP contribution in [-0.2, 0) is 0 Å². The summed E-state index contributed by atoms with van der Waals surface area (Å²) in [4.78, 5) is 13.0. The van der Waals surface area contributed by atoms with Crippen molar-refractivity contribution in [1.82, 2.24) is 0 Å². The van der Waals surface area contributed by atoms with Gasteiger partial charge in [-0.2, -0.15) is 0 Å². The van der Waals surface area contributed by atoms with Crippen molar-refractivity contribution < 1.29 is 9.90 Å². The molecule has 1 heterocycles. The van der Waals surface area contributed by atoms with Crippen LogP contribution in [0.5, 0.6) is 0 Å². The van der Waals surface area contributed by atoms with E-state index in [9.17, 15) is 4.79 Å². The molecule has 0 aromatic heterocycles. The summed E-state index contributed by atoms with van der Waals surface area (Å²) < 4.78 is 0. The number of carboxylic acid groups (broad SMARTS) is 1. The highest BCUT2D eigenvalue weighted by atomic mass is 35.5. The van der Waals surface area contributed by atoms with Crippen molar-refractivity contribution in [3.63, 3.8) is 0 Å². The van der Waals surface area contributed by atoms with Gasteiger partial charge in [-0.3, -0.25) is 0 Å². The zero-order valence-corrected chi connectivity index (χ0v) is 9.16. The predicted molar refractivity (Wildman–Crippen MR) is 59.8 cm³/mol. The molecular weight excluding hydrogens is 214 g/mol. The van der Waals surface area contributed by atoms with Crippen LogP contribution in [0.3, 0.4) is 0 Å². The summed E-state index contributed by atoms with van der Waals surface area (Å²) in [5.41, 5.74) is 1.15. The van der Waals surface area contributed by atoms with Crippen molar-refractivity contribution in [2.24, 2.45) is 0 Å². The number of halogens is 1. The van der Waals surface area contributed by atoms with Crippen LogP contribution < -0.4 is 4.90 Å². The molecule has 1 aromatic rings. The van der Waals surface area contributed by atoms with Crippen LogP contribution in [0.1, 0.15) is 23.7 Å². The Kier molecular flexibility index (Phi) is 2.57. The van der Waals surface area contributed by atoms with E-state index in [-0.39, 0.29) is 5.56 Å². The van der Waals surface area contributed by atoms with Crippen LogP contribution in [0.4, 0.5) is 5.69 Å². The molecule has 0 bridgehead atoms. The third kappa shape index (κ3) is 1.92. The Morgan fingerprint density at radius 1 is 1.53 bits per heavy atom. The Balaban J connectivity index is 2.35. The molecule has 0 aliphatic carbocycles. The van der Waals surface area contributed by atoms with Gasteiger partial charge in [-0.25, -0.2) is 4.79 Å². The molecule has 1 aliphatic heterocycles. The predicted octanol–water partition coefficient (Wildman–Crippen LogP) is 2.64. The summed E-state index contributed by atoms with van der Waals surface area (Å²) in [6.07, 6.45) is 1.15. The number of aromatic carboxylic acids is 1. The maximum absolute atomic E-state index is 10.8. The Morgan fingerprint density at radius 3 is 2.73 bits per heavy atom. The molecule has 0 spiro atoms. The van der Waals surface area contributed by atoms with Gasteiger partial charge >= 0.3 is 5.97 Å². The van der Waals surface area contributed by atoms with Crippen LogP contribution in [0.25, 0.3) is 0 Å². The van der Waals surface area contributed by atoms with Gasteiger partial charge in [0.15, 0.2) is 0 Å². The van der Waals surface area contributed by atoms with Gasteiger partial charge in [0.1, 0.15) is 0 Å². The van der Waals surface area contributed by atoms with Gasteiger partial charge in [-0.1, -0.05) is 11.6 Å². The van der Waals surface area contributed by atoms with Crippen LogP contribution in [0.2, 0.25) is 5.02 Å². The average molecular weight is 226 g/mol. The highest BCUT2D eigenvalue weighted by Crippen LogP contribution is 2.29. The van der Waals surface area contributed by atoms with Crippen LogP contribution >= 0.6 is 11.6 Å². The fourth-order valence-corrected chi connectivity index (χ4v) is 1.99. The lowest BCUT2D eigenvalue weighted by molar-refractivity contribution is 0.0697. The quantitative estimate of drug-likeness (QED) is 0.841. The number of anilines is 1. The number of carboxylic acids is 1. The Morgan fingerprint density at radius 2 is 2.27 bits per heavy atom. The van der Waals surface area contributed by atoms with Gasteiger partial charge in [0.05, 0.1) is 5.56 Å². The van der Waals surface area contributed by atoms with Gasteiger partial charge in [0.25, 0.3) is 0 Å². The summed E-state index contributed by atoms with van der Waals surface area (Å²) in [5, 5.41) is 9.37. The minimum Gasteiger partial charge on any atom is -0.478 e. The normalized spacial score (nSPS) is 19.9. The molecule has 0 saturated carbocycles. The van der Waals surface area contributed by atoms with Crippen LogP contribution in [0.15, 0.2) is 18.2 Å². The molecule has 1 fully saturated rings. The average Bonchev–Trinajstić information content (AvgIpc) is 2.14. The second-order valence-electron chi connectivity index (χ2n) is 3.83. The summed E-state index contributed by atoms with van der Waals surface area (Å²) in [7, 11) is 0. The van der Waals surface area contributed by atoms with E-state index in [0.29, 0.717) is 11.1 Å². The van der Waals surface area contributed by atoms with Crippen molar-refractivity contribution in [2.75, 3.05) is 11.4 Å². The monoisotopic (exact) mass is 225 g/mol. The lowest BCUT2D eigenvalue weighted by Gasteiger charge is -2.41. The first kappa shape index (κ1) is 10.3. The third-order valence-electron chi connectivity index (χ3n) is 2.78. The van der Waals surface area contributed by atoms with E-state index in [1.807, 2.05) is 6.07 Å². The van der Waals surface area contributed by atoms with Crippen molar-refractivity contribution in [3.05, 3.63) is 28.8 Å². The van der Waals surface area contributed by atoms with E-state index in [1.165, 1.54) is 6.07 Å². The second-order valence-corrected chi connectivity index (χ2v) is 4.27. The summed E-state index contributed by atoms with van der Waals surface area (Å²) in [5.74, 6) is -0.938. The molecule has 1 aromatic carbocycles. The van der Waals surface area contributed by atoms with Crippen molar-refractivity contribution in [1.29, 1.82) is 0 Å². The number of rotatable bonds is 2. The minimum absolute atomic E-state index is 0.247. The molecular formula is C11H12ClNO2. The maximum Gasteiger partial charge on any atom is 0.335 e. The summed E-state index contributed by atoms with van der Waals surface area (Å²) in [6.45, 7) is 3.09. The lowest BCUT2D eigenvalue weighted by atomic mass is 10.0. The lowest BCUT2D eigenvalue weighted by Crippen LogP contribution is -2.45. The van der Waals surface area contributed by atoms with Gasteiger partial charge in [-0.05, 0) is 31.5 Å². The van der Waals surface area contributed by atoms with E-state index in [0.717, 1.165) is 18.7 Å². The van der Waals surface area contributed by atoms with Crippen molar-refractivity contribution in [3.8, 4) is 0 Å². The van der Waals surface area contributed by atoms with E-state index < -0.39 is 5.97 Å². The third-order valence-corrected chi connectivity index (χ3v) is 3.00. The van der Waals surface area contributed by atoms with Crippen LogP contribution in [-0.4, -0.2) is 23.7 Å². The molecule has 3 nitrogen and oxygen atoms in total. The SMILES string of the molecule is CC1CCN1c1cc(Cl)cc(C(=O)O)c1. The molecule has 1 aliphatic rings. The van der Waals surface area contributed by atoms with E-state index in [2.05, 4.69) is 11.8 Å².